The number of carbonyl (C=O) groups excluding carboxylic acids is 1. The predicted molar refractivity (Wildman–Crippen MR) is 66.6 cm³/mol. The van der Waals surface area contributed by atoms with Gasteiger partial charge in [-0.1, -0.05) is 0 Å². The molecule has 1 aliphatic heterocycles. The number of hydrogen-bond acceptors (Lipinski definition) is 5. The predicted octanol–water partition coefficient (Wildman–Crippen LogP) is 1.64. The van der Waals surface area contributed by atoms with Crippen molar-refractivity contribution in [3.8, 4) is 0 Å². The number of nitrogens with zero attached hydrogens (tertiary/aromatic N) is 2. The molecule has 110 valence electrons. The number of alkyl halides is 2. The molecule has 0 aliphatic carbocycles. The van der Waals surface area contributed by atoms with E-state index >= 15 is 0 Å². The smallest absolute Gasteiger partial charge is 0.356 e. The second-order valence-electron chi connectivity index (χ2n) is 4.46. The van der Waals surface area contributed by atoms with Crippen LogP contribution in [0, 0.1) is 0 Å². The Hall–Kier alpha value is -1.60. The summed E-state index contributed by atoms with van der Waals surface area (Å²) in [6.45, 7) is 2.95. The maximum atomic E-state index is 12.8. The van der Waals surface area contributed by atoms with Gasteiger partial charge >= 0.3 is 5.97 Å². The van der Waals surface area contributed by atoms with Crippen LogP contribution in [0.25, 0.3) is 0 Å². The molecule has 20 heavy (non-hydrogen) atoms. The van der Waals surface area contributed by atoms with Gasteiger partial charge < -0.3 is 9.47 Å². The van der Waals surface area contributed by atoms with Gasteiger partial charge in [0.05, 0.1) is 20.3 Å². The van der Waals surface area contributed by atoms with Crippen LogP contribution in [0.2, 0.25) is 0 Å². The normalized spacial score (nSPS) is 16.4. The van der Waals surface area contributed by atoms with Crippen LogP contribution in [0.15, 0.2) is 12.3 Å². The second kappa shape index (κ2) is 6.71. The fourth-order valence-electron chi connectivity index (χ4n) is 2.05. The third kappa shape index (κ3) is 3.49. The molecule has 5 nitrogen and oxygen atoms in total. The van der Waals surface area contributed by atoms with Gasteiger partial charge in [0.1, 0.15) is 0 Å². The summed E-state index contributed by atoms with van der Waals surface area (Å²) in [4.78, 5) is 17.5. The standard InChI is InChI=1S/C13H16F2N2O3/c1-19-13(18)11-10(6-9(7-16-11)12(14)15)8-17-2-4-20-5-3-17/h6-7,12H,2-5,8H2,1H3. The zero-order valence-electron chi connectivity index (χ0n) is 11.1. The number of carbonyl (C=O) groups is 1. The van der Waals surface area contributed by atoms with Crippen LogP contribution in [0.1, 0.15) is 28.0 Å². The zero-order chi connectivity index (χ0) is 14.5. The molecule has 0 unspecified atom stereocenters. The Balaban J connectivity index is 2.25. The molecule has 1 aliphatic rings. The average molecular weight is 286 g/mol. The summed E-state index contributed by atoms with van der Waals surface area (Å²) in [6, 6.07) is 1.32. The molecule has 0 bridgehead atoms. The molecule has 0 radical (unpaired) electrons. The molecule has 1 aromatic rings. The Bertz CT molecular complexity index is 477. The first-order chi connectivity index (χ1) is 9.61. The molecule has 7 heteroatoms. The van der Waals surface area contributed by atoms with Crippen molar-refractivity contribution in [2.24, 2.45) is 0 Å². The van der Waals surface area contributed by atoms with Gasteiger partial charge in [0.25, 0.3) is 6.43 Å². The van der Waals surface area contributed by atoms with Gasteiger partial charge in [-0.25, -0.2) is 18.6 Å². The van der Waals surface area contributed by atoms with Crippen LogP contribution in [0.5, 0.6) is 0 Å². The van der Waals surface area contributed by atoms with Crippen molar-refractivity contribution >= 4 is 5.97 Å². The van der Waals surface area contributed by atoms with Crippen LogP contribution in [0.4, 0.5) is 8.78 Å². The summed E-state index contributed by atoms with van der Waals surface area (Å²) >= 11 is 0. The number of hydrogen-bond donors (Lipinski definition) is 0. The molecule has 0 amide bonds. The SMILES string of the molecule is COC(=O)c1ncc(C(F)F)cc1CN1CCOCC1. The van der Waals surface area contributed by atoms with E-state index in [-0.39, 0.29) is 11.3 Å². The molecule has 0 saturated carbocycles. The Kier molecular flexibility index (Phi) is 4.97. The molecule has 1 aromatic heterocycles. The molecule has 1 fully saturated rings. The molecule has 0 atom stereocenters. The number of ether oxygens (including phenoxy) is 2. The van der Waals surface area contributed by atoms with E-state index in [2.05, 4.69) is 9.72 Å². The Morgan fingerprint density at radius 2 is 2.20 bits per heavy atom. The number of rotatable bonds is 4. The summed E-state index contributed by atoms with van der Waals surface area (Å²) in [5.74, 6) is -0.617. The molecule has 0 aromatic carbocycles. The highest BCUT2D eigenvalue weighted by Gasteiger charge is 2.20. The molecule has 2 rings (SSSR count). The number of esters is 1. The van der Waals surface area contributed by atoms with Gasteiger partial charge in [-0.15, -0.1) is 0 Å². The maximum absolute atomic E-state index is 12.8. The highest BCUT2D eigenvalue weighted by molar-refractivity contribution is 5.88. The van der Waals surface area contributed by atoms with E-state index in [1.165, 1.54) is 13.2 Å². The van der Waals surface area contributed by atoms with Gasteiger partial charge in [-0.3, -0.25) is 4.90 Å². The first-order valence-electron chi connectivity index (χ1n) is 6.27. The highest BCUT2D eigenvalue weighted by Crippen LogP contribution is 2.22. The third-order valence-electron chi connectivity index (χ3n) is 3.12. The van der Waals surface area contributed by atoms with Gasteiger partial charge in [-0.2, -0.15) is 0 Å². The van der Waals surface area contributed by atoms with Crippen LogP contribution < -0.4 is 0 Å². The maximum Gasteiger partial charge on any atom is 0.356 e. The minimum absolute atomic E-state index is 0.0865. The zero-order valence-corrected chi connectivity index (χ0v) is 11.1. The fraction of sp³-hybridized carbons (Fsp3) is 0.538. The van der Waals surface area contributed by atoms with Crippen LogP contribution in [-0.2, 0) is 16.0 Å². The summed E-state index contributed by atoms with van der Waals surface area (Å²) in [6.07, 6.45) is -1.60. The van der Waals surface area contributed by atoms with E-state index in [1.54, 1.807) is 0 Å². The van der Waals surface area contributed by atoms with Crippen molar-refractivity contribution in [2.75, 3.05) is 33.4 Å². The number of halogens is 2. The largest absolute Gasteiger partial charge is 0.464 e. The minimum Gasteiger partial charge on any atom is -0.464 e. The van der Waals surface area contributed by atoms with Crippen molar-refractivity contribution in [1.29, 1.82) is 0 Å². The van der Waals surface area contributed by atoms with Crippen molar-refractivity contribution in [3.63, 3.8) is 0 Å². The summed E-state index contributed by atoms with van der Waals surface area (Å²) < 4.78 is 35.4. The average Bonchev–Trinajstić information content (AvgIpc) is 2.47. The van der Waals surface area contributed by atoms with Crippen molar-refractivity contribution in [2.45, 2.75) is 13.0 Å². The lowest BCUT2D eigenvalue weighted by Crippen LogP contribution is -2.36. The lowest BCUT2D eigenvalue weighted by molar-refractivity contribution is 0.0336. The molecule has 1 saturated heterocycles. The topological polar surface area (TPSA) is 51.7 Å². The van der Waals surface area contributed by atoms with Gasteiger partial charge in [-0.05, 0) is 11.6 Å². The first kappa shape index (κ1) is 14.8. The first-order valence-corrected chi connectivity index (χ1v) is 6.27. The minimum atomic E-state index is -2.61. The van der Waals surface area contributed by atoms with Gasteiger partial charge in [0.2, 0.25) is 0 Å². The quantitative estimate of drug-likeness (QED) is 0.788. The summed E-state index contributed by atoms with van der Waals surface area (Å²) in [5.41, 5.74) is 0.348. The van der Waals surface area contributed by atoms with E-state index in [0.717, 1.165) is 6.20 Å². The lowest BCUT2D eigenvalue weighted by Gasteiger charge is -2.27. The number of methoxy groups -OCH3 is 1. The fourth-order valence-corrected chi connectivity index (χ4v) is 2.05. The third-order valence-corrected chi connectivity index (χ3v) is 3.12. The number of pyridine rings is 1. The van der Waals surface area contributed by atoms with Crippen LogP contribution in [-0.4, -0.2) is 49.3 Å². The van der Waals surface area contributed by atoms with E-state index < -0.39 is 12.4 Å². The van der Waals surface area contributed by atoms with E-state index in [9.17, 15) is 13.6 Å². The van der Waals surface area contributed by atoms with E-state index in [0.29, 0.717) is 38.4 Å². The molecule has 0 N–H and O–H groups in total. The molecular formula is C13H16F2N2O3. The Morgan fingerprint density at radius 3 is 2.80 bits per heavy atom. The molecule has 0 spiro atoms. The number of morpholine rings is 1. The van der Waals surface area contributed by atoms with Gasteiger partial charge in [0.15, 0.2) is 5.69 Å². The van der Waals surface area contributed by atoms with Crippen LogP contribution >= 0.6 is 0 Å². The highest BCUT2D eigenvalue weighted by atomic mass is 19.3. The lowest BCUT2D eigenvalue weighted by atomic mass is 10.1. The van der Waals surface area contributed by atoms with Crippen LogP contribution in [0.3, 0.4) is 0 Å². The molecule has 2 heterocycles. The van der Waals surface area contributed by atoms with Crippen molar-refractivity contribution in [1.82, 2.24) is 9.88 Å². The van der Waals surface area contributed by atoms with Gasteiger partial charge in [0, 0.05) is 31.4 Å². The Morgan fingerprint density at radius 1 is 1.50 bits per heavy atom. The van der Waals surface area contributed by atoms with E-state index in [1.807, 2.05) is 4.90 Å². The summed E-state index contributed by atoms with van der Waals surface area (Å²) in [7, 11) is 1.24. The van der Waals surface area contributed by atoms with Crippen molar-refractivity contribution in [3.05, 3.63) is 29.1 Å². The summed E-state index contributed by atoms with van der Waals surface area (Å²) in [5, 5.41) is 0. The van der Waals surface area contributed by atoms with Crippen molar-refractivity contribution < 1.29 is 23.0 Å². The molecular weight excluding hydrogens is 270 g/mol. The van der Waals surface area contributed by atoms with E-state index in [4.69, 9.17) is 4.74 Å². The second-order valence-corrected chi connectivity index (χ2v) is 4.46. The number of aromatic nitrogens is 1. The monoisotopic (exact) mass is 286 g/mol. The Labute approximate surface area is 115 Å².